The van der Waals surface area contributed by atoms with Gasteiger partial charge in [-0.3, -0.25) is 4.79 Å². The van der Waals surface area contributed by atoms with Crippen LogP contribution in [0.2, 0.25) is 0 Å². The van der Waals surface area contributed by atoms with E-state index in [0.717, 1.165) is 0 Å². The lowest BCUT2D eigenvalue weighted by Gasteiger charge is -2.21. The summed E-state index contributed by atoms with van der Waals surface area (Å²) in [6, 6.07) is 0. The second kappa shape index (κ2) is 3.01. The van der Waals surface area contributed by atoms with Crippen LogP contribution in [0.1, 0.15) is 6.42 Å². The third-order valence-electron chi connectivity index (χ3n) is 1.89. The minimum absolute atomic E-state index is 0.195. The van der Waals surface area contributed by atoms with Gasteiger partial charge in [-0.05, 0) is 6.42 Å². The normalized spacial score (nSPS) is 34.4. The average molecular weight is 196 g/mol. The Morgan fingerprint density at radius 2 is 2.08 bits per heavy atom. The average Bonchev–Trinajstić information content (AvgIpc) is 1.94. The minimum atomic E-state index is -3.33. The van der Waals surface area contributed by atoms with Gasteiger partial charge in [0.15, 0.2) is 9.84 Å². The van der Waals surface area contributed by atoms with Crippen molar-refractivity contribution in [2.75, 3.05) is 11.5 Å². The fourth-order valence-corrected chi connectivity index (χ4v) is 2.83. The van der Waals surface area contributed by atoms with Crippen LogP contribution < -0.4 is 0 Å². The van der Waals surface area contributed by atoms with Crippen LogP contribution in [0.15, 0.2) is 0 Å². The number of hydrogen-bond donors (Lipinski definition) is 1. The zero-order valence-electron chi connectivity index (χ0n) is 6.23. The maximum atomic E-state index is 12.8. The molecule has 70 valence electrons. The van der Waals surface area contributed by atoms with Gasteiger partial charge in [0.05, 0.1) is 11.5 Å². The van der Waals surface area contributed by atoms with Crippen molar-refractivity contribution in [3.63, 3.8) is 0 Å². The van der Waals surface area contributed by atoms with Crippen molar-refractivity contribution in [1.29, 1.82) is 0 Å². The smallest absolute Gasteiger partial charge is 0.310 e. The van der Waals surface area contributed by atoms with E-state index in [1.165, 1.54) is 0 Å². The molecule has 0 radical (unpaired) electrons. The van der Waals surface area contributed by atoms with Crippen LogP contribution in [-0.4, -0.2) is 37.2 Å². The summed E-state index contributed by atoms with van der Waals surface area (Å²) in [6.07, 6.45) is -1.72. The van der Waals surface area contributed by atoms with E-state index in [1.54, 1.807) is 0 Å². The number of sulfone groups is 1. The highest BCUT2D eigenvalue weighted by molar-refractivity contribution is 7.91. The lowest BCUT2D eigenvalue weighted by molar-refractivity contribution is -0.143. The Balaban J connectivity index is 2.79. The lowest BCUT2D eigenvalue weighted by Crippen LogP contribution is -2.38. The number of alkyl halides is 1. The number of hydrogen-bond acceptors (Lipinski definition) is 3. The summed E-state index contributed by atoms with van der Waals surface area (Å²) >= 11 is 0. The van der Waals surface area contributed by atoms with E-state index in [9.17, 15) is 17.6 Å². The van der Waals surface area contributed by atoms with Gasteiger partial charge in [0.25, 0.3) is 0 Å². The van der Waals surface area contributed by atoms with E-state index in [2.05, 4.69) is 0 Å². The predicted octanol–water partition coefficient (Wildman–Crippen LogP) is -0.156. The maximum Gasteiger partial charge on any atom is 0.310 e. The highest BCUT2D eigenvalue weighted by atomic mass is 32.2. The van der Waals surface area contributed by atoms with Crippen molar-refractivity contribution in [2.45, 2.75) is 12.6 Å². The molecule has 1 heterocycles. The molecule has 1 N–H and O–H groups in total. The highest BCUT2D eigenvalue weighted by Crippen LogP contribution is 2.21. The third-order valence-corrected chi connectivity index (χ3v) is 3.62. The molecule has 0 spiro atoms. The van der Waals surface area contributed by atoms with Gasteiger partial charge in [-0.25, -0.2) is 12.8 Å². The minimum Gasteiger partial charge on any atom is -0.481 e. The maximum absolute atomic E-state index is 12.8. The molecule has 6 heteroatoms. The molecule has 12 heavy (non-hydrogen) atoms. The van der Waals surface area contributed by atoms with Crippen LogP contribution in [-0.2, 0) is 14.6 Å². The summed E-state index contributed by atoms with van der Waals surface area (Å²) in [5.41, 5.74) is 0. The van der Waals surface area contributed by atoms with Gasteiger partial charge in [0, 0.05) is 0 Å². The van der Waals surface area contributed by atoms with Crippen LogP contribution in [0.25, 0.3) is 0 Å². The van der Waals surface area contributed by atoms with Gasteiger partial charge in [-0.1, -0.05) is 0 Å². The Morgan fingerprint density at radius 3 is 2.50 bits per heavy atom. The number of carboxylic acid groups (broad SMARTS) is 1. The standard InChI is InChI=1S/C6H9FO4S/c7-5-1-2-12(10,11)3-4(5)6(8)9/h4-5H,1-3H2,(H,8,9). The summed E-state index contributed by atoms with van der Waals surface area (Å²) in [5, 5.41) is 8.44. The summed E-state index contributed by atoms with van der Waals surface area (Å²) in [7, 11) is -3.33. The molecule has 0 bridgehead atoms. The Kier molecular flexibility index (Phi) is 2.36. The van der Waals surface area contributed by atoms with Gasteiger partial charge in [0.1, 0.15) is 12.1 Å². The molecular formula is C6H9FO4S. The first-order valence-corrected chi connectivity index (χ1v) is 5.32. The SMILES string of the molecule is O=C(O)C1CS(=O)(=O)CCC1F. The largest absolute Gasteiger partial charge is 0.481 e. The van der Waals surface area contributed by atoms with Crippen molar-refractivity contribution in [3.8, 4) is 0 Å². The molecule has 0 amide bonds. The van der Waals surface area contributed by atoms with Gasteiger partial charge in [0.2, 0.25) is 0 Å². The van der Waals surface area contributed by atoms with Gasteiger partial charge >= 0.3 is 5.97 Å². The molecule has 0 aromatic heterocycles. The first-order valence-electron chi connectivity index (χ1n) is 3.50. The molecular weight excluding hydrogens is 187 g/mol. The van der Waals surface area contributed by atoms with Crippen LogP contribution in [0.4, 0.5) is 4.39 Å². The first-order chi connectivity index (χ1) is 5.42. The van der Waals surface area contributed by atoms with Crippen molar-refractivity contribution < 1.29 is 22.7 Å². The number of aliphatic carboxylic acids is 1. The van der Waals surface area contributed by atoms with Crippen molar-refractivity contribution >= 4 is 15.8 Å². The lowest BCUT2D eigenvalue weighted by atomic mass is 10.0. The molecule has 2 unspecified atom stereocenters. The third kappa shape index (κ3) is 1.94. The molecule has 1 fully saturated rings. The van der Waals surface area contributed by atoms with E-state index < -0.39 is 33.6 Å². The molecule has 0 saturated carbocycles. The van der Waals surface area contributed by atoms with E-state index in [4.69, 9.17) is 5.11 Å². The Labute approximate surface area is 69.3 Å². The second-order valence-corrected chi connectivity index (χ2v) is 5.09. The van der Waals surface area contributed by atoms with Gasteiger partial charge in [-0.2, -0.15) is 0 Å². The highest BCUT2D eigenvalue weighted by Gasteiger charge is 2.37. The molecule has 1 rings (SSSR count). The Morgan fingerprint density at radius 1 is 1.50 bits per heavy atom. The van der Waals surface area contributed by atoms with E-state index in [0.29, 0.717) is 0 Å². The van der Waals surface area contributed by atoms with Crippen molar-refractivity contribution in [1.82, 2.24) is 0 Å². The van der Waals surface area contributed by atoms with Crippen molar-refractivity contribution in [3.05, 3.63) is 0 Å². The Bertz CT molecular complexity index is 284. The van der Waals surface area contributed by atoms with E-state index in [1.807, 2.05) is 0 Å². The monoisotopic (exact) mass is 196 g/mol. The van der Waals surface area contributed by atoms with Gasteiger partial charge in [-0.15, -0.1) is 0 Å². The predicted molar refractivity (Wildman–Crippen MR) is 39.3 cm³/mol. The van der Waals surface area contributed by atoms with Crippen LogP contribution in [0, 0.1) is 5.92 Å². The number of carboxylic acids is 1. The molecule has 1 aliphatic rings. The van der Waals surface area contributed by atoms with Gasteiger partial charge < -0.3 is 5.11 Å². The molecule has 0 aliphatic carbocycles. The fourth-order valence-electron chi connectivity index (χ4n) is 1.18. The topological polar surface area (TPSA) is 71.4 Å². The summed E-state index contributed by atoms with van der Waals surface area (Å²) in [5.74, 6) is -3.55. The number of halogens is 1. The zero-order chi connectivity index (χ0) is 9.35. The quantitative estimate of drug-likeness (QED) is 0.632. The Hall–Kier alpha value is -0.650. The van der Waals surface area contributed by atoms with E-state index >= 15 is 0 Å². The van der Waals surface area contributed by atoms with Crippen LogP contribution in [0.5, 0.6) is 0 Å². The van der Waals surface area contributed by atoms with E-state index in [-0.39, 0.29) is 12.2 Å². The molecule has 0 aromatic carbocycles. The first kappa shape index (κ1) is 9.44. The molecule has 2 atom stereocenters. The molecule has 1 saturated heterocycles. The summed E-state index contributed by atoms with van der Waals surface area (Å²) in [6.45, 7) is 0. The summed E-state index contributed by atoms with van der Waals surface area (Å²) < 4.78 is 34.6. The summed E-state index contributed by atoms with van der Waals surface area (Å²) in [4.78, 5) is 10.3. The fraction of sp³-hybridized carbons (Fsp3) is 0.833. The number of rotatable bonds is 1. The number of carbonyl (C=O) groups is 1. The van der Waals surface area contributed by atoms with Crippen LogP contribution in [0.3, 0.4) is 0 Å². The molecule has 0 aromatic rings. The molecule has 1 aliphatic heterocycles. The second-order valence-electron chi connectivity index (χ2n) is 2.86. The molecule has 4 nitrogen and oxygen atoms in total. The van der Waals surface area contributed by atoms with Crippen LogP contribution >= 0.6 is 0 Å². The van der Waals surface area contributed by atoms with Crippen molar-refractivity contribution in [2.24, 2.45) is 5.92 Å². The zero-order valence-corrected chi connectivity index (χ0v) is 7.05.